The fourth-order valence-corrected chi connectivity index (χ4v) is 2.29. The third-order valence-electron chi connectivity index (χ3n) is 2.47. The largest absolute Gasteiger partial charge is 0.372 e. The molecule has 7 heteroatoms. The van der Waals surface area contributed by atoms with Crippen molar-refractivity contribution in [1.29, 1.82) is 0 Å². The Bertz CT molecular complexity index is 438. The summed E-state index contributed by atoms with van der Waals surface area (Å²) >= 11 is 3.46. The number of nitrogens with one attached hydrogen (secondary N) is 2. The summed E-state index contributed by atoms with van der Waals surface area (Å²) in [5.41, 5.74) is 0. The Morgan fingerprint density at radius 2 is 2.16 bits per heavy atom. The Kier molecular flexibility index (Phi) is 6.01. The first-order chi connectivity index (χ1) is 8.99. The molecule has 0 aliphatic rings. The highest BCUT2D eigenvalue weighted by Crippen LogP contribution is 2.28. The highest BCUT2D eigenvalue weighted by atomic mass is 79.9. The van der Waals surface area contributed by atoms with Crippen LogP contribution in [0.3, 0.4) is 0 Å². The predicted octanol–water partition coefficient (Wildman–Crippen LogP) is 1.63. The van der Waals surface area contributed by atoms with E-state index in [2.05, 4.69) is 36.5 Å². The first-order valence-electron chi connectivity index (χ1n) is 6.22. The van der Waals surface area contributed by atoms with E-state index in [1.807, 2.05) is 25.7 Å². The van der Waals surface area contributed by atoms with Crippen LogP contribution in [-0.4, -0.2) is 42.1 Å². The number of amides is 1. The van der Waals surface area contributed by atoms with Gasteiger partial charge in [0, 0.05) is 19.6 Å². The Balaban J connectivity index is 2.88. The third-order valence-corrected chi connectivity index (χ3v) is 3.20. The highest BCUT2D eigenvalue weighted by Gasteiger charge is 2.16. The van der Waals surface area contributed by atoms with Crippen molar-refractivity contribution < 1.29 is 4.79 Å². The summed E-state index contributed by atoms with van der Waals surface area (Å²) in [7, 11) is 1.79. The smallest absolute Gasteiger partial charge is 0.239 e. The van der Waals surface area contributed by atoms with Crippen LogP contribution in [0, 0.1) is 0 Å². The zero-order valence-corrected chi connectivity index (χ0v) is 13.3. The van der Waals surface area contributed by atoms with E-state index in [-0.39, 0.29) is 18.5 Å². The second-order valence-corrected chi connectivity index (χ2v) is 5.14. The summed E-state index contributed by atoms with van der Waals surface area (Å²) < 4.78 is 0.761. The van der Waals surface area contributed by atoms with Crippen LogP contribution < -0.4 is 15.5 Å². The molecule has 1 aromatic heterocycles. The summed E-state index contributed by atoms with van der Waals surface area (Å²) in [5, 5.41) is 5.85. The molecule has 106 valence electrons. The van der Waals surface area contributed by atoms with E-state index in [0.717, 1.165) is 4.47 Å². The standard InChI is InChI=1S/C12H20BrN5O/c1-5-18(6-9(19)17-8(2)3)12-10(13)11(14-4)15-7-16-12/h7-8H,5-6H2,1-4H3,(H,17,19)(H,14,15,16). The maximum Gasteiger partial charge on any atom is 0.239 e. The minimum Gasteiger partial charge on any atom is -0.372 e. The molecular weight excluding hydrogens is 310 g/mol. The first-order valence-corrected chi connectivity index (χ1v) is 7.01. The zero-order chi connectivity index (χ0) is 14.4. The lowest BCUT2D eigenvalue weighted by Gasteiger charge is -2.23. The Hall–Kier alpha value is -1.37. The van der Waals surface area contributed by atoms with Gasteiger partial charge in [0.1, 0.15) is 22.4 Å². The quantitative estimate of drug-likeness (QED) is 0.830. The van der Waals surface area contributed by atoms with Gasteiger partial charge in [-0.3, -0.25) is 4.79 Å². The molecule has 6 nitrogen and oxygen atoms in total. The topological polar surface area (TPSA) is 70.2 Å². The maximum atomic E-state index is 11.8. The molecular formula is C12H20BrN5O. The molecule has 1 heterocycles. The summed E-state index contributed by atoms with van der Waals surface area (Å²) in [5.74, 6) is 1.39. The Labute approximate surface area is 122 Å². The molecule has 0 aliphatic heterocycles. The van der Waals surface area contributed by atoms with E-state index in [9.17, 15) is 4.79 Å². The van der Waals surface area contributed by atoms with Crippen molar-refractivity contribution in [2.45, 2.75) is 26.8 Å². The molecule has 0 radical (unpaired) electrons. The van der Waals surface area contributed by atoms with E-state index in [1.54, 1.807) is 7.05 Å². The van der Waals surface area contributed by atoms with E-state index < -0.39 is 0 Å². The monoisotopic (exact) mass is 329 g/mol. The lowest BCUT2D eigenvalue weighted by Crippen LogP contribution is -2.40. The van der Waals surface area contributed by atoms with E-state index in [1.165, 1.54) is 6.33 Å². The average Bonchev–Trinajstić information content (AvgIpc) is 2.35. The van der Waals surface area contributed by atoms with Gasteiger partial charge < -0.3 is 15.5 Å². The Morgan fingerprint density at radius 3 is 2.68 bits per heavy atom. The predicted molar refractivity (Wildman–Crippen MR) is 80.4 cm³/mol. The van der Waals surface area contributed by atoms with Gasteiger partial charge in [-0.2, -0.15) is 0 Å². The van der Waals surface area contributed by atoms with Gasteiger partial charge in [-0.15, -0.1) is 0 Å². The van der Waals surface area contributed by atoms with Gasteiger partial charge in [0.05, 0.1) is 6.54 Å². The summed E-state index contributed by atoms with van der Waals surface area (Å²) in [4.78, 5) is 22.1. The van der Waals surface area contributed by atoms with Crippen LogP contribution in [0.2, 0.25) is 0 Å². The summed E-state index contributed by atoms with van der Waals surface area (Å²) in [6.45, 7) is 6.82. The van der Waals surface area contributed by atoms with Gasteiger partial charge in [0.15, 0.2) is 0 Å². The number of carbonyl (C=O) groups excluding carboxylic acids is 1. The molecule has 0 bridgehead atoms. The molecule has 0 atom stereocenters. The molecule has 0 aromatic carbocycles. The third kappa shape index (κ3) is 4.34. The van der Waals surface area contributed by atoms with Gasteiger partial charge in [0.25, 0.3) is 0 Å². The second kappa shape index (κ2) is 7.28. The molecule has 0 aliphatic carbocycles. The number of aromatic nitrogens is 2. The lowest BCUT2D eigenvalue weighted by atomic mass is 10.3. The Morgan fingerprint density at radius 1 is 1.47 bits per heavy atom. The van der Waals surface area contributed by atoms with Crippen molar-refractivity contribution in [3.05, 3.63) is 10.8 Å². The van der Waals surface area contributed by atoms with Crippen molar-refractivity contribution in [2.24, 2.45) is 0 Å². The van der Waals surface area contributed by atoms with E-state index in [0.29, 0.717) is 18.2 Å². The van der Waals surface area contributed by atoms with Gasteiger partial charge >= 0.3 is 0 Å². The van der Waals surface area contributed by atoms with Crippen molar-refractivity contribution in [2.75, 3.05) is 30.4 Å². The molecule has 1 rings (SSSR count). The molecule has 19 heavy (non-hydrogen) atoms. The van der Waals surface area contributed by atoms with Crippen LogP contribution >= 0.6 is 15.9 Å². The van der Waals surface area contributed by atoms with Crippen molar-refractivity contribution in [3.8, 4) is 0 Å². The molecule has 0 spiro atoms. The summed E-state index contributed by atoms with van der Waals surface area (Å²) in [6, 6.07) is 0.132. The summed E-state index contributed by atoms with van der Waals surface area (Å²) in [6.07, 6.45) is 1.48. The van der Waals surface area contributed by atoms with Crippen molar-refractivity contribution in [3.63, 3.8) is 0 Å². The second-order valence-electron chi connectivity index (χ2n) is 4.35. The molecule has 0 saturated carbocycles. The minimum atomic E-state index is -0.0200. The van der Waals surface area contributed by atoms with Crippen LogP contribution in [0.25, 0.3) is 0 Å². The van der Waals surface area contributed by atoms with Crippen LogP contribution in [0.15, 0.2) is 10.8 Å². The van der Waals surface area contributed by atoms with Gasteiger partial charge in [-0.25, -0.2) is 9.97 Å². The van der Waals surface area contributed by atoms with Crippen LogP contribution in [0.1, 0.15) is 20.8 Å². The van der Waals surface area contributed by atoms with Gasteiger partial charge in [0.2, 0.25) is 5.91 Å². The number of hydrogen-bond donors (Lipinski definition) is 2. The number of hydrogen-bond acceptors (Lipinski definition) is 5. The number of halogens is 1. The first kappa shape index (κ1) is 15.7. The molecule has 0 fully saturated rings. The molecule has 2 N–H and O–H groups in total. The average molecular weight is 330 g/mol. The van der Waals surface area contributed by atoms with Crippen LogP contribution in [-0.2, 0) is 4.79 Å². The highest BCUT2D eigenvalue weighted by molar-refractivity contribution is 9.10. The fraction of sp³-hybridized carbons (Fsp3) is 0.583. The van der Waals surface area contributed by atoms with E-state index >= 15 is 0 Å². The van der Waals surface area contributed by atoms with E-state index in [4.69, 9.17) is 0 Å². The molecule has 1 amide bonds. The molecule has 1 aromatic rings. The minimum absolute atomic E-state index is 0.0200. The van der Waals surface area contributed by atoms with Gasteiger partial charge in [-0.05, 0) is 36.7 Å². The number of rotatable bonds is 6. The van der Waals surface area contributed by atoms with Crippen molar-refractivity contribution >= 4 is 33.5 Å². The number of nitrogens with zero attached hydrogens (tertiary/aromatic N) is 3. The molecule has 0 unspecified atom stereocenters. The van der Waals surface area contributed by atoms with Crippen molar-refractivity contribution in [1.82, 2.24) is 15.3 Å². The van der Waals surface area contributed by atoms with Gasteiger partial charge in [-0.1, -0.05) is 0 Å². The van der Waals surface area contributed by atoms with Crippen LogP contribution in [0.5, 0.6) is 0 Å². The van der Waals surface area contributed by atoms with Crippen LogP contribution in [0.4, 0.5) is 11.6 Å². The molecule has 0 saturated heterocycles. The fourth-order valence-electron chi connectivity index (χ4n) is 1.63. The number of anilines is 2. The lowest BCUT2D eigenvalue weighted by molar-refractivity contribution is -0.120. The zero-order valence-electron chi connectivity index (χ0n) is 11.7. The maximum absolute atomic E-state index is 11.8. The number of likely N-dealkylation sites (N-methyl/N-ethyl adjacent to an activating group) is 1. The SMILES string of the molecule is CCN(CC(=O)NC(C)C)c1ncnc(NC)c1Br. The number of carbonyl (C=O) groups is 1. The normalized spacial score (nSPS) is 10.4.